The molecule has 0 saturated carbocycles. The summed E-state index contributed by atoms with van der Waals surface area (Å²) in [5, 5.41) is 15.2. The molecule has 1 amide bonds. The molecule has 0 unspecified atom stereocenters. The molecule has 0 fully saturated rings. The van der Waals surface area contributed by atoms with E-state index in [-0.39, 0.29) is 12.1 Å². The Morgan fingerprint density at radius 1 is 1.19 bits per heavy atom. The first-order valence-corrected chi connectivity index (χ1v) is 7.99. The van der Waals surface area contributed by atoms with Gasteiger partial charge in [-0.15, -0.1) is 0 Å². The lowest BCUT2D eigenvalue weighted by Crippen LogP contribution is -2.24. The van der Waals surface area contributed by atoms with E-state index in [4.69, 9.17) is 16.9 Å². The number of carbonyl (C=O) groups is 2. The van der Waals surface area contributed by atoms with Crippen molar-refractivity contribution in [2.45, 2.75) is 6.54 Å². The molecule has 7 heteroatoms. The van der Waals surface area contributed by atoms with Crippen LogP contribution in [0.1, 0.15) is 15.9 Å². The van der Waals surface area contributed by atoms with Crippen LogP contribution in [0.15, 0.2) is 60.3 Å². The summed E-state index contributed by atoms with van der Waals surface area (Å²) in [5.41, 5.74) is 1.68. The third kappa shape index (κ3) is 5.10. The van der Waals surface area contributed by atoms with Gasteiger partial charge in [0.1, 0.15) is 11.6 Å². The van der Waals surface area contributed by atoms with Crippen LogP contribution in [0.25, 0.3) is 0 Å². The molecule has 0 aliphatic rings. The fourth-order valence-electron chi connectivity index (χ4n) is 2.04. The first-order valence-electron chi connectivity index (χ1n) is 7.62. The molecule has 6 nitrogen and oxygen atoms in total. The molecule has 0 aliphatic heterocycles. The predicted octanol–water partition coefficient (Wildman–Crippen LogP) is 3.26. The van der Waals surface area contributed by atoms with E-state index in [1.165, 1.54) is 13.3 Å². The largest absolute Gasteiger partial charge is 0.465 e. The van der Waals surface area contributed by atoms with Crippen molar-refractivity contribution in [1.29, 1.82) is 5.26 Å². The van der Waals surface area contributed by atoms with Crippen LogP contribution in [0.3, 0.4) is 0 Å². The van der Waals surface area contributed by atoms with Crippen molar-refractivity contribution in [3.05, 3.63) is 76.5 Å². The lowest BCUT2D eigenvalue weighted by molar-refractivity contribution is -0.117. The zero-order valence-electron chi connectivity index (χ0n) is 14.0. The second kappa shape index (κ2) is 9.25. The molecule has 0 aromatic heterocycles. The average molecular weight is 370 g/mol. The number of nitriles is 1. The van der Waals surface area contributed by atoms with Crippen LogP contribution in [-0.4, -0.2) is 19.0 Å². The van der Waals surface area contributed by atoms with Gasteiger partial charge < -0.3 is 15.4 Å². The van der Waals surface area contributed by atoms with E-state index >= 15 is 0 Å². The Labute approximate surface area is 156 Å². The van der Waals surface area contributed by atoms with Crippen LogP contribution in [0, 0.1) is 11.3 Å². The Morgan fingerprint density at radius 2 is 1.88 bits per heavy atom. The molecular formula is C19H16ClN3O3. The summed E-state index contributed by atoms with van der Waals surface area (Å²) in [4.78, 5) is 23.5. The molecule has 0 radical (unpaired) electrons. The van der Waals surface area contributed by atoms with Gasteiger partial charge in [-0.25, -0.2) is 4.79 Å². The van der Waals surface area contributed by atoms with Crippen molar-refractivity contribution in [1.82, 2.24) is 5.32 Å². The van der Waals surface area contributed by atoms with Gasteiger partial charge in [-0.2, -0.15) is 5.26 Å². The number of nitrogens with zero attached hydrogens (tertiary/aromatic N) is 1. The van der Waals surface area contributed by atoms with Crippen LogP contribution < -0.4 is 10.6 Å². The second-order valence-corrected chi connectivity index (χ2v) is 5.56. The summed E-state index contributed by atoms with van der Waals surface area (Å²) >= 11 is 6.03. The summed E-state index contributed by atoms with van der Waals surface area (Å²) in [6.07, 6.45) is 1.30. The maximum Gasteiger partial charge on any atom is 0.337 e. The summed E-state index contributed by atoms with van der Waals surface area (Å²) < 4.78 is 4.62. The Balaban J connectivity index is 1.98. The molecule has 132 valence electrons. The minimum atomic E-state index is -0.522. The Bertz CT molecular complexity index is 870. The first-order chi connectivity index (χ1) is 12.5. The van der Waals surface area contributed by atoms with Crippen LogP contribution in [-0.2, 0) is 16.1 Å². The van der Waals surface area contributed by atoms with E-state index in [0.29, 0.717) is 16.3 Å². The molecule has 0 bridgehead atoms. The van der Waals surface area contributed by atoms with Gasteiger partial charge in [-0.05, 0) is 35.9 Å². The van der Waals surface area contributed by atoms with E-state index in [2.05, 4.69) is 15.4 Å². The fourth-order valence-corrected chi connectivity index (χ4v) is 2.24. The van der Waals surface area contributed by atoms with Crippen molar-refractivity contribution in [2.75, 3.05) is 12.4 Å². The standard InChI is InChI=1S/C19H16ClN3O3/c1-26-19(25)13-6-8-16(9-7-13)22-12-15(10-21)18(24)23-11-14-4-2-3-5-17(14)20/h2-9,12,22H,11H2,1H3,(H,23,24)/b15-12-. The number of carbonyl (C=O) groups excluding carboxylic acids is 2. The van der Waals surface area contributed by atoms with Crippen LogP contribution in [0.4, 0.5) is 5.69 Å². The molecule has 26 heavy (non-hydrogen) atoms. The van der Waals surface area contributed by atoms with Gasteiger partial charge in [-0.3, -0.25) is 4.79 Å². The molecule has 0 heterocycles. The topological polar surface area (TPSA) is 91.2 Å². The van der Waals surface area contributed by atoms with E-state index in [9.17, 15) is 9.59 Å². The first kappa shape index (κ1) is 19.0. The highest BCUT2D eigenvalue weighted by Crippen LogP contribution is 2.14. The SMILES string of the molecule is COC(=O)c1ccc(N/C=C(/C#N)C(=O)NCc2ccccc2Cl)cc1. The Kier molecular flexibility index (Phi) is 6.77. The number of halogens is 1. The lowest BCUT2D eigenvalue weighted by Gasteiger charge is -2.07. The predicted molar refractivity (Wildman–Crippen MR) is 98.4 cm³/mol. The third-order valence-corrected chi connectivity index (χ3v) is 3.82. The van der Waals surface area contributed by atoms with E-state index in [1.807, 2.05) is 12.1 Å². The minimum Gasteiger partial charge on any atom is -0.465 e. The molecule has 0 aliphatic carbocycles. The summed E-state index contributed by atoms with van der Waals surface area (Å²) in [6, 6.07) is 15.4. The smallest absolute Gasteiger partial charge is 0.337 e. The van der Waals surface area contributed by atoms with Crippen molar-refractivity contribution in [3.63, 3.8) is 0 Å². The number of nitrogens with one attached hydrogen (secondary N) is 2. The molecule has 0 atom stereocenters. The average Bonchev–Trinajstić information content (AvgIpc) is 2.67. The molecule has 0 spiro atoms. The summed E-state index contributed by atoms with van der Waals surface area (Å²) in [5.74, 6) is -0.963. The maximum absolute atomic E-state index is 12.1. The lowest BCUT2D eigenvalue weighted by atomic mass is 10.2. The number of hydrogen-bond donors (Lipinski definition) is 2. The summed E-state index contributed by atoms with van der Waals surface area (Å²) in [6.45, 7) is 0.214. The molecule has 2 rings (SSSR count). The highest BCUT2D eigenvalue weighted by molar-refractivity contribution is 6.31. The van der Waals surface area contributed by atoms with E-state index in [0.717, 1.165) is 5.56 Å². The van der Waals surface area contributed by atoms with Gasteiger partial charge in [-0.1, -0.05) is 29.8 Å². The zero-order chi connectivity index (χ0) is 18.9. The Hall–Kier alpha value is -3.30. The minimum absolute atomic E-state index is 0.0888. The zero-order valence-corrected chi connectivity index (χ0v) is 14.7. The highest BCUT2D eigenvalue weighted by Gasteiger charge is 2.10. The number of hydrogen-bond acceptors (Lipinski definition) is 5. The number of esters is 1. The van der Waals surface area contributed by atoms with Crippen molar-refractivity contribution >= 4 is 29.2 Å². The summed E-state index contributed by atoms with van der Waals surface area (Å²) in [7, 11) is 1.30. The fraction of sp³-hybridized carbons (Fsp3) is 0.105. The molecule has 2 aromatic carbocycles. The molecular weight excluding hydrogens is 354 g/mol. The highest BCUT2D eigenvalue weighted by atomic mass is 35.5. The van der Waals surface area contributed by atoms with Gasteiger partial charge in [0.2, 0.25) is 0 Å². The third-order valence-electron chi connectivity index (χ3n) is 3.45. The molecule has 0 saturated heterocycles. The second-order valence-electron chi connectivity index (χ2n) is 5.16. The number of rotatable bonds is 6. The molecule has 2 aromatic rings. The van der Waals surface area contributed by atoms with Crippen LogP contribution in [0.5, 0.6) is 0 Å². The van der Waals surface area contributed by atoms with Crippen LogP contribution in [0.2, 0.25) is 5.02 Å². The van der Waals surface area contributed by atoms with Gasteiger partial charge in [0.15, 0.2) is 0 Å². The number of methoxy groups -OCH3 is 1. The van der Waals surface area contributed by atoms with Crippen molar-refractivity contribution < 1.29 is 14.3 Å². The number of benzene rings is 2. The van der Waals surface area contributed by atoms with Gasteiger partial charge >= 0.3 is 5.97 Å². The van der Waals surface area contributed by atoms with Gasteiger partial charge in [0, 0.05) is 23.5 Å². The van der Waals surface area contributed by atoms with E-state index in [1.54, 1.807) is 42.5 Å². The van der Waals surface area contributed by atoms with Gasteiger partial charge in [0.05, 0.1) is 12.7 Å². The van der Waals surface area contributed by atoms with Gasteiger partial charge in [0.25, 0.3) is 5.91 Å². The van der Waals surface area contributed by atoms with Crippen molar-refractivity contribution in [3.8, 4) is 6.07 Å². The number of amides is 1. The normalized spacial score (nSPS) is 10.6. The van der Waals surface area contributed by atoms with Crippen molar-refractivity contribution in [2.24, 2.45) is 0 Å². The molecule has 2 N–H and O–H groups in total. The maximum atomic E-state index is 12.1. The Morgan fingerprint density at radius 3 is 2.50 bits per heavy atom. The van der Waals surface area contributed by atoms with E-state index < -0.39 is 11.9 Å². The van der Waals surface area contributed by atoms with Crippen LogP contribution >= 0.6 is 11.6 Å². The number of ether oxygens (including phenoxy) is 1. The quantitative estimate of drug-likeness (QED) is 0.463. The number of anilines is 1. The monoisotopic (exact) mass is 369 g/mol.